The average Bonchev–Trinajstić information content (AvgIpc) is 2.92. The molecule has 0 aliphatic rings. The van der Waals surface area contributed by atoms with Crippen molar-refractivity contribution in [2.75, 3.05) is 5.32 Å². The van der Waals surface area contributed by atoms with Crippen LogP contribution in [0.15, 0.2) is 39.0 Å². The van der Waals surface area contributed by atoms with Gasteiger partial charge in [0, 0.05) is 10.6 Å². The van der Waals surface area contributed by atoms with Gasteiger partial charge in [0.1, 0.15) is 5.51 Å². The van der Waals surface area contributed by atoms with Gasteiger partial charge in [-0.2, -0.15) is 0 Å². The van der Waals surface area contributed by atoms with Crippen molar-refractivity contribution in [2.45, 2.75) is 36.0 Å². The SMILES string of the molecule is CC(C)(C)[C@H](N)C(=O)Nc1ccc(Sc2nncs2)cc1.Cl. The minimum Gasteiger partial charge on any atom is -0.325 e. The molecule has 0 spiro atoms. The molecule has 5 nitrogen and oxygen atoms in total. The number of rotatable bonds is 4. The maximum absolute atomic E-state index is 12.0. The lowest BCUT2D eigenvalue weighted by molar-refractivity contribution is -0.119. The lowest BCUT2D eigenvalue weighted by Crippen LogP contribution is -2.45. The Morgan fingerprint density at radius 3 is 2.45 bits per heavy atom. The fourth-order valence-corrected chi connectivity index (χ4v) is 2.98. The van der Waals surface area contributed by atoms with Crippen molar-refractivity contribution >= 4 is 47.1 Å². The largest absolute Gasteiger partial charge is 0.325 e. The highest BCUT2D eigenvalue weighted by Crippen LogP contribution is 2.29. The zero-order valence-electron chi connectivity index (χ0n) is 12.6. The topological polar surface area (TPSA) is 80.9 Å². The molecule has 3 N–H and O–H groups in total. The number of nitrogens with two attached hydrogens (primary N) is 1. The number of carbonyl (C=O) groups excluding carboxylic acids is 1. The molecular formula is C14H19ClN4OS2. The molecule has 0 saturated heterocycles. The molecule has 120 valence electrons. The van der Waals surface area contributed by atoms with Crippen LogP contribution in [0.3, 0.4) is 0 Å². The van der Waals surface area contributed by atoms with Gasteiger partial charge in [0.15, 0.2) is 4.34 Å². The number of hydrogen-bond acceptors (Lipinski definition) is 6. The summed E-state index contributed by atoms with van der Waals surface area (Å²) in [6.07, 6.45) is 0. The third-order valence-electron chi connectivity index (χ3n) is 2.88. The first kappa shape index (κ1) is 18.9. The number of hydrogen-bond donors (Lipinski definition) is 2. The van der Waals surface area contributed by atoms with Gasteiger partial charge in [-0.25, -0.2) is 0 Å². The number of halogens is 1. The molecule has 2 rings (SSSR count). The lowest BCUT2D eigenvalue weighted by Gasteiger charge is -2.25. The van der Waals surface area contributed by atoms with E-state index < -0.39 is 6.04 Å². The van der Waals surface area contributed by atoms with Crippen LogP contribution in [0.4, 0.5) is 5.69 Å². The maximum atomic E-state index is 12.0. The molecule has 1 amide bonds. The first-order valence-corrected chi connectivity index (χ1v) is 8.16. The number of amides is 1. The highest BCUT2D eigenvalue weighted by Gasteiger charge is 2.27. The third-order valence-corrected chi connectivity index (χ3v) is 4.67. The fourth-order valence-electron chi connectivity index (χ4n) is 1.53. The van der Waals surface area contributed by atoms with Crippen molar-refractivity contribution in [1.82, 2.24) is 10.2 Å². The Morgan fingerprint density at radius 2 is 1.95 bits per heavy atom. The number of nitrogens with zero attached hydrogens (tertiary/aromatic N) is 2. The van der Waals surface area contributed by atoms with Gasteiger partial charge in [0.25, 0.3) is 0 Å². The molecule has 0 radical (unpaired) electrons. The van der Waals surface area contributed by atoms with E-state index in [1.54, 1.807) is 5.51 Å². The van der Waals surface area contributed by atoms with Crippen LogP contribution in [0.25, 0.3) is 0 Å². The summed E-state index contributed by atoms with van der Waals surface area (Å²) in [6, 6.07) is 7.04. The molecule has 22 heavy (non-hydrogen) atoms. The quantitative estimate of drug-likeness (QED) is 0.875. The molecule has 0 aliphatic carbocycles. The highest BCUT2D eigenvalue weighted by molar-refractivity contribution is 8.01. The summed E-state index contributed by atoms with van der Waals surface area (Å²) < 4.78 is 0.890. The highest BCUT2D eigenvalue weighted by atomic mass is 35.5. The van der Waals surface area contributed by atoms with Crippen molar-refractivity contribution < 1.29 is 4.79 Å². The summed E-state index contributed by atoms with van der Waals surface area (Å²) in [5.41, 5.74) is 8.10. The van der Waals surface area contributed by atoms with Gasteiger partial charge in [0.05, 0.1) is 6.04 Å². The van der Waals surface area contributed by atoms with E-state index in [9.17, 15) is 4.79 Å². The van der Waals surface area contributed by atoms with Crippen molar-refractivity contribution in [3.63, 3.8) is 0 Å². The Kier molecular flexibility index (Phi) is 6.80. The van der Waals surface area contributed by atoms with Crippen molar-refractivity contribution in [3.05, 3.63) is 29.8 Å². The van der Waals surface area contributed by atoms with Crippen LogP contribution in [-0.4, -0.2) is 22.1 Å². The number of nitrogens with one attached hydrogen (secondary N) is 1. The zero-order valence-corrected chi connectivity index (χ0v) is 15.0. The van der Waals surface area contributed by atoms with Crippen LogP contribution in [0.5, 0.6) is 0 Å². The van der Waals surface area contributed by atoms with Crippen molar-refractivity contribution in [1.29, 1.82) is 0 Å². The lowest BCUT2D eigenvalue weighted by atomic mass is 9.87. The van der Waals surface area contributed by atoms with Gasteiger partial charge >= 0.3 is 0 Å². The number of anilines is 1. The van der Waals surface area contributed by atoms with Gasteiger partial charge in [-0.3, -0.25) is 4.79 Å². The molecule has 1 aromatic carbocycles. The van der Waals surface area contributed by atoms with E-state index in [0.29, 0.717) is 0 Å². The average molecular weight is 359 g/mol. The van der Waals surface area contributed by atoms with Crippen molar-refractivity contribution in [3.8, 4) is 0 Å². The van der Waals surface area contributed by atoms with Gasteiger partial charge in [0.2, 0.25) is 5.91 Å². The van der Waals surface area contributed by atoms with Crippen LogP contribution >= 0.6 is 35.5 Å². The van der Waals surface area contributed by atoms with Crippen LogP contribution in [0.2, 0.25) is 0 Å². The second-order valence-electron chi connectivity index (χ2n) is 5.66. The second kappa shape index (κ2) is 7.92. The molecule has 0 bridgehead atoms. The Morgan fingerprint density at radius 1 is 1.32 bits per heavy atom. The standard InChI is InChI=1S/C14H18N4OS2.ClH/c1-14(2,3)11(15)12(19)17-9-4-6-10(7-5-9)21-13-18-16-8-20-13;/h4-8,11H,15H2,1-3H3,(H,17,19);1H/t11-;/m1./s1. The first-order valence-electron chi connectivity index (χ1n) is 6.47. The van der Waals surface area contributed by atoms with Gasteiger partial charge in [-0.05, 0) is 29.7 Å². The predicted molar refractivity (Wildman–Crippen MR) is 93.8 cm³/mol. The number of carbonyl (C=O) groups is 1. The monoisotopic (exact) mass is 358 g/mol. The van der Waals surface area contributed by atoms with E-state index in [0.717, 1.165) is 14.9 Å². The molecule has 1 heterocycles. The predicted octanol–water partition coefficient (Wildman–Crippen LogP) is 3.42. The molecule has 1 aromatic heterocycles. The minimum atomic E-state index is -0.548. The summed E-state index contributed by atoms with van der Waals surface area (Å²) in [5, 5.41) is 10.6. The molecule has 0 fully saturated rings. The van der Waals surface area contributed by atoms with Crippen LogP contribution < -0.4 is 11.1 Å². The van der Waals surface area contributed by atoms with Crippen LogP contribution in [0, 0.1) is 5.41 Å². The fraction of sp³-hybridized carbons (Fsp3) is 0.357. The third kappa shape index (κ3) is 5.24. The van der Waals surface area contributed by atoms with E-state index in [4.69, 9.17) is 5.73 Å². The molecule has 8 heteroatoms. The van der Waals surface area contributed by atoms with Crippen LogP contribution in [-0.2, 0) is 4.79 Å². The summed E-state index contributed by atoms with van der Waals surface area (Å²) in [6.45, 7) is 5.83. The van der Waals surface area contributed by atoms with Crippen molar-refractivity contribution in [2.24, 2.45) is 11.1 Å². The van der Waals surface area contributed by atoms with E-state index >= 15 is 0 Å². The van der Waals surface area contributed by atoms with E-state index in [1.165, 1.54) is 23.1 Å². The molecule has 2 aromatic rings. The molecule has 0 unspecified atom stereocenters. The number of benzene rings is 1. The Balaban J connectivity index is 0.00000242. The Bertz CT molecular complexity index is 596. The molecule has 0 saturated carbocycles. The molecular weight excluding hydrogens is 340 g/mol. The van der Waals surface area contributed by atoms with E-state index in [-0.39, 0.29) is 23.7 Å². The summed E-state index contributed by atoms with van der Waals surface area (Å²) in [7, 11) is 0. The molecule has 1 atom stereocenters. The zero-order chi connectivity index (χ0) is 15.5. The smallest absolute Gasteiger partial charge is 0.241 e. The Labute approximate surface area is 144 Å². The second-order valence-corrected chi connectivity index (χ2v) is 7.82. The Hall–Kier alpha value is -1.15. The summed E-state index contributed by atoms with van der Waals surface area (Å²) >= 11 is 3.03. The van der Waals surface area contributed by atoms with Gasteiger partial charge < -0.3 is 11.1 Å². The van der Waals surface area contributed by atoms with Gasteiger partial charge in [-0.15, -0.1) is 22.6 Å². The van der Waals surface area contributed by atoms with Crippen LogP contribution in [0.1, 0.15) is 20.8 Å². The summed E-state index contributed by atoms with van der Waals surface area (Å²) in [5.74, 6) is -0.174. The minimum absolute atomic E-state index is 0. The van der Waals surface area contributed by atoms with E-state index in [1.807, 2.05) is 45.0 Å². The summed E-state index contributed by atoms with van der Waals surface area (Å²) in [4.78, 5) is 13.1. The van der Waals surface area contributed by atoms with E-state index in [2.05, 4.69) is 15.5 Å². The normalized spacial score (nSPS) is 12.4. The first-order chi connectivity index (χ1) is 9.86. The maximum Gasteiger partial charge on any atom is 0.241 e. The van der Waals surface area contributed by atoms with Gasteiger partial charge in [-0.1, -0.05) is 43.9 Å². The molecule has 0 aliphatic heterocycles. The number of aromatic nitrogens is 2.